The van der Waals surface area contributed by atoms with Crippen LogP contribution in [-0.4, -0.2) is 59.6 Å². The van der Waals surface area contributed by atoms with Gasteiger partial charge in [0.2, 0.25) is 5.95 Å². The lowest BCUT2D eigenvalue weighted by atomic mass is 10.2. The van der Waals surface area contributed by atoms with E-state index in [4.69, 9.17) is 4.74 Å². The molecule has 0 bridgehead atoms. The zero-order chi connectivity index (χ0) is 14.7. The van der Waals surface area contributed by atoms with Gasteiger partial charge in [0.25, 0.3) is 0 Å². The van der Waals surface area contributed by atoms with Gasteiger partial charge < -0.3 is 14.5 Å². The molecule has 0 N–H and O–H groups in total. The van der Waals surface area contributed by atoms with Gasteiger partial charge in [0.05, 0.1) is 19.3 Å². The van der Waals surface area contributed by atoms with Gasteiger partial charge in [-0.1, -0.05) is 0 Å². The summed E-state index contributed by atoms with van der Waals surface area (Å²) in [6, 6.07) is 3.87. The molecular weight excluding hydrogens is 268 g/mol. The monoisotopic (exact) mass is 288 g/mol. The molecule has 0 unspecified atom stereocenters. The van der Waals surface area contributed by atoms with Crippen LogP contribution >= 0.6 is 0 Å². The zero-order valence-corrected chi connectivity index (χ0v) is 12.4. The molecule has 3 rings (SSSR count). The molecule has 1 saturated heterocycles. The van der Waals surface area contributed by atoms with Gasteiger partial charge in [-0.2, -0.15) is 10.1 Å². The van der Waals surface area contributed by atoms with E-state index < -0.39 is 0 Å². The third-order valence-corrected chi connectivity index (χ3v) is 3.44. The van der Waals surface area contributed by atoms with Crippen LogP contribution in [0, 0.1) is 0 Å². The third-order valence-electron chi connectivity index (χ3n) is 3.44. The van der Waals surface area contributed by atoms with E-state index in [2.05, 4.69) is 20.0 Å². The lowest BCUT2D eigenvalue weighted by molar-refractivity contribution is 0.0272. The van der Waals surface area contributed by atoms with Crippen molar-refractivity contribution >= 4 is 11.8 Å². The molecule has 7 nitrogen and oxygen atoms in total. The number of rotatable bonds is 4. The van der Waals surface area contributed by atoms with Crippen molar-refractivity contribution in [1.82, 2.24) is 19.7 Å². The average molecular weight is 288 g/mol. The van der Waals surface area contributed by atoms with Gasteiger partial charge in [-0.3, -0.25) is 4.68 Å². The summed E-state index contributed by atoms with van der Waals surface area (Å²) < 4.78 is 7.73. The van der Waals surface area contributed by atoms with Crippen LogP contribution in [0.5, 0.6) is 0 Å². The van der Waals surface area contributed by atoms with Crippen LogP contribution in [0.2, 0.25) is 0 Å². The van der Waals surface area contributed by atoms with Crippen LogP contribution in [-0.2, 0) is 11.3 Å². The highest BCUT2D eigenvalue weighted by Crippen LogP contribution is 2.17. The second kappa shape index (κ2) is 6.09. The van der Waals surface area contributed by atoms with Gasteiger partial charge in [-0.25, -0.2) is 4.98 Å². The first-order valence-electron chi connectivity index (χ1n) is 7.07. The fourth-order valence-electron chi connectivity index (χ4n) is 2.39. The van der Waals surface area contributed by atoms with Crippen LogP contribution in [0.15, 0.2) is 30.7 Å². The lowest BCUT2D eigenvalue weighted by Gasteiger charge is -2.33. The average Bonchev–Trinajstić information content (AvgIpc) is 3.00. The topological polar surface area (TPSA) is 59.3 Å². The van der Waals surface area contributed by atoms with Crippen molar-refractivity contribution in [2.45, 2.75) is 12.6 Å². The van der Waals surface area contributed by atoms with Gasteiger partial charge in [0, 0.05) is 45.8 Å². The molecule has 0 spiro atoms. The predicted octanol–water partition coefficient (Wildman–Crippen LogP) is 0.644. The van der Waals surface area contributed by atoms with Gasteiger partial charge in [0.15, 0.2) is 0 Å². The molecule has 0 saturated carbocycles. The summed E-state index contributed by atoms with van der Waals surface area (Å²) in [5, 5.41) is 4.23. The fraction of sp³-hybridized carbons (Fsp3) is 0.500. The van der Waals surface area contributed by atoms with Crippen molar-refractivity contribution < 1.29 is 4.74 Å². The van der Waals surface area contributed by atoms with E-state index in [1.807, 2.05) is 42.0 Å². The van der Waals surface area contributed by atoms with E-state index in [-0.39, 0.29) is 6.10 Å². The van der Waals surface area contributed by atoms with E-state index in [0.717, 1.165) is 31.4 Å². The minimum absolute atomic E-state index is 0.122. The lowest BCUT2D eigenvalue weighted by Crippen LogP contribution is -2.44. The number of nitrogens with zero attached hydrogens (tertiary/aromatic N) is 6. The molecule has 1 aliphatic heterocycles. The highest BCUT2D eigenvalue weighted by atomic mass is 16.5. The maximum atomic E-state index is 5.82. The number of hydrogen-bond acceptors (Lipinski definition) is 6. The van der Waals surface area contributed by atoms with Crippen LogP contribution in [0.25, 0.3) is 0 Å². The van der Waals surface area contributed by atoms with Crippen LogP contribution < -0.4 is 9.80 Å². The Morgan fingerprint density at radius 3 is 3.05 bits per heavy atom. The van der Waals surface area contributed by atoms with Gasteiger partial charge in [0.1, 0.15) is 5.82 Å². The zero-order valence-electron chi connectivity index (χ0n) is 12.4. The van der Waals surface area contributed by atoms with Crippen molar-refractivity contribution in [3.63, 3.8) is 0 Å². The second-order valence-electron chi connectivity index (χ2n) is 5.28. The third kappa shape index (κ3) is 3.30. The first kappa shape index (κ1) is 13.8. The molecule has 1 fully saturated rings. The maximum absolute atomic E-state index is 5.82. The molecule has 21 heavy (non-hydrogen) atoms. The number of aromatic nitrogens is 4. The number of anilines is 2. The van der Waals surface area contributed by atoms with Crippen LogP contribution in [0.1, 0.15) is 0 Å². The van der Waals surface area contributed by atoms with Crippen molar-refractivity contribution in [2.75, 3.05) is 43.6 Å². The van der Waals surface area contributed by atoms with E-state index in [1.54, 1.807) is 12.4 Å². The summed E-state index contributed by atoms with van der Waals surface area (Å²) in [6.45, 7) is 3.12. The highest BCUT2D eigenvalue weighted by molar-refractivity contribution is 5.43. The standard InChI is InChI=1S/C14H20N6O/c1-18(2)14-15-6-4-13(17-14)19-8-9-21-12(10-19)11-20-7-3-5-16-20/h3-7,12H,8-11H2,1-2H3/t12-/m1/s1. The molecular formula is C14H20N6O. The minimum atomic E-state index is 0.122. The minimum Gasteiger partial charge on any atom is -0.373 e. The summed E-state index contributed by atoms with van der Waals surface area (Å²) in [5.74, 6) is 1.67. The Labute approximate surface area is 124 Å². The van der Waals surface area contributed by atoms with Crippen LogP contribution in [0.3, 0.4) is 0 Å². The van der Waals surface area contributed by atoms with E-state index >= 15 is 0 Å². The summed E-state index contributed by atoms with van der Waals surface area (Å²) in [4.78, 5) is 13.0. The Bertz CT molecular complexity index is 571. The fourth-order valence-corrected chi connectivity index (χ4v) is 2.39. The Morgan fingerprint density at radius 1 is 1.38 bits per heavy atom. The molecule has 0 aliphatic carbocycles. The number of ether oxygens (including phenoxy) is 1. The molecule has 0 radical (unpaired) electrons. The Hall–Kier alpha value is -2.15. The number of hydrogen-bond donors (Lipinski definition) is 0. The Kier molecular flexibility index (Phi) is 4.01. The Morgan fingerprint density at radius 2 is 2.29 bits per heavy atom. The SMILES string of the molecule is CN(C)c1nccc(N2CCO[C@@H](Cn3cccn3)C2)n1. The quantitative estimate of drug-likeness (QED) is 0.823. The predicted molar refractivity (Wildman–Crippen MR) is 80.5 cm³/mol. The molecule has 1 aliphatic rings. The van der Waals surface area contributed by atoms with Crippen molar-refractivity contribution in [2.24, 2.45) is 0 Å². The molecule has 0 amide bonds. The molecule has 112 valence electrons. The van der Waals surface area contributed by atoms with E-state index in [1.165, 1.54) is 0 Å². The molecule has 2 aromatic heterocycles. The number of morpholine rings is 1. The summed E-state index contributed by atoms with van der Waals surface area (Å²) in [5.41, 5.74) is 0. The molecule has 1 atom stereocenters. The first-order chi connectivity index (χ1) is 10.2. The highest BCUT2D eigenvalue weighted by Gasteiger charge is 2.22. The van der Waals surface area contributed by atoms with Crippen LogP contribution in [0.4, 0.5) is 11.8 Å². The van der Waals surface area contributed by atoms with Crippen molar-refractivity contribution in [3.8, 4) is 0 Å². The van der Waals surface area contributed by atoms with Gasteiger partial charge in [-0.05, 0) is 12.1 Å². The van der Waals surface area contributed by atoms with E-state index in [9.17, 15) is 0 Å². The molecule has 7 heteroatoms. The maximum Gasteiger partial charge on any atom is 0.226 e. The normalized spacial score (nSPS) is 18.8. The summed E-state index contributed by atoms with van der Waals surface area (Å²) >= 11 is 0. The van der Waals surface area contributed by atoms with Gasteiger partial charge >= 0.3 is 0 Å². The molecule has 3 heterocycles. The van der Waals surface area contributed by atoms with Crippen molar-refractivity contribution in [3.05, 3.63) is 30.7 Å². The first-order valence-corrected chi connectivity index (χ1v) is 7.07. The largest absolute Gasteiger partial charge is 0.373 e. The smallest absolute Gasteiger partial charge is 0.226 e. The van der Waals surface area contributed by atoms with Gasteiger partial charge in [-0.15, -0.1) is 0 Å². The molecule has 0 aromatic carbocycles. The molecule has 2 aromatic rings. The summed E-state index contributed by atoms with van der Waals surface area (Å²) in [6.07, 6.45) is 5.66. The summed E-state index contributed by atoms with van der Waals surface area (Å²) in [7, 11) is 3.89. The second-order valence-corrected chi connectivity index (χ2v) is 5.28. The Balaban J connectivity index is 1.69. The van der Waals surface area contributed by atoms with E-state index in [0.29, 0.717) is 6.61 Å². The van der Waals surface area contributed by atoms with Crippen molar-refractivity contribution in [1.29, 1.82) is 0 Å².